The van der Waals surface area contributed by atoms with Crippen LogP contribution in [0.1, 0.15) is 36.1 Å². The summed E-state index contributed by atoms with van der Waals surface area (Å²) in [5.74, 6) is 2.74. The van der Waals surface area contributed by atoms with Crippen molar-refractivity contribution in [2.24, 2.45) is 0 Å². The lowest BCUT2D eigenvalue weighted by Gasteiger charge is -2.31. The summed E-state index contributed by atoms with van der Waals surface area (Å²) in [5, 5.41) is 9.29. The van der Waals surface area contributed by atoms with Crippen LogP contribution in [0.3, 0.4) is 0 Å². The fourth-order valence-electron chi connectivity index (χ4n) is 3.80. The van der Waals surface area contributed by atoms with Crippen LogP contribution in [0.25, 0.3) is 0 Å². The van der Waals surface area contributed by atoms with Crippen molar-refractivity contribution in [3.05, 3.63) is 65.0 Å². The summed E-state index contributed by atoms with van der Waals surface area (Å²) in [6.07, 6.45) is 4.63. The second kappa shape index (κ2) is 9.45. The Hall–Kier alpha value is -2.64. The Morgan fingerprint density at radius 3 is 2.80 bits per heavy atom. The third kappa shape index (κ3) is 5.09. The molecule has 0 aliphatic carbocycles. The number of likely N-dealkylation sites (N-methyl/N-ethyl adjacent to an activating group) is 1. The molecule has 0 amide bonds. The number of halogens is 1. The van der Waals surface area contributed by atoms with Crippen molar-refractivity contribution < 1.29 is 4.42 Å². The van der Waals surface area contributed by atoms with E-state index in [4.69, 9.17) is 21.8 Å². The molecule has 158 valence electrons. The highest BCUT2D eigenvalue weighted by atomic mass is 35.5. The number of hydrogen-bond acceptors (Lipinski definition) is 7. The maximum Gasteiger partial charge on any atom is 0.230 e. The third-order valence-electron chi connectivity index (χ3n) is 5.57. The topological polar surface area (TPSA) is 84.3 Å². The first-order valence-electron chi connectivity index (χ1n) is 10.3. The number of benzene rings is 1. The lowest BCUT2D eigenvalue weighted by atomic mass is 9.97. The van der Waals surface area contributed by atoms with Gasteiger partial charge in [0.1, 0.15) is 5.82 Å². The van der Waals surface area contributed by atoms with Crippen LogP contribution < -0.4 is 10.6 Å². The highest BCUT2D eigenvalue weighted by Crippen LogP contribution is 2.29. The SMILES string of the molecule is CN(CCc1cc(Cl)ccc1N)Cc1nnc(C2CCN(c3ccccn3)CC2)o1. The summed E-state index contributed by atoms with van der Waals surface area (Å²) >= 11 is 6.07. The standard InChI is InChI=1S/C22H27ClN6O/c1-28(11-7-17-14-18(23)5-6-19(17)24)15-21-26-27-22(30-21)16-8-12-29(13-9-16)20-4-2-3-10-25-20/h2-6,10,14,16H,7-9,11-13,15,24H2,1H3. The van der Waals surface area contributed by atoms with Gasteiger partial charge >= 0.3 is 0 Å². The maximum atomic E-state index is 6.07. The number of piperidine rings is 1. The van der Waals surface area contributed by atoms with E-state index in [1.54, 1.807) is 0 Å². The van der Waals surface area contributed by atoms with Gasteiger partial charge in [0.2, 0.25) is 11.8 Å². The molecule has 8 heteroatoms. The fourth-order valence-corrected chi connectivity index (χ4v) is 4.00. The van der Waals surface area contributed by atoms with E-state index in [0.29, 0.717) is 23.4 Å². The summed E-state index contributed by atoms with van der Waals surface area (Å²) in [4.78, 5) is 8.90. The predicted molar refractivity (Wildman–Crippen MR) is 119 cm³/mol. The van der Waals surface area contributed by atoms with E-state index in [-0.39, 0.29) is 0 Å². The van der Waals surface area contributed by atoms with E-state index < -0.39 is 0 Å². The number of rotatable bonds is 7. The van der Waals surface area contributed by atoms with Crippen molar-refractivity contribution >= 4 is 23.1 Å². The zero-order valence-corrected chi connectivity index (χ0v) is 17.9. The van der Waals surface area contributed by atoms with E-state index in [1.165, 1.54) is 0 Å². The molecule has 3 heterocycles. The molecule has 0 radical (unpaired) electrons. The Labute approximate surface area is 181 Å². The van der Waals surface area contributed by atoms with Crippen LogP contribution in [-0.2, 0) is 13.0 Å². The first-order chi connectivity index (χ1) is 14.6. The predicted octanol–water partition coefficient (Wildman–Crippen LogP) is 3.76. The van der Waals surface area contributed by atoms with E-state index >= 15 is 0 Å². The number of nitrogen functional groups attached to an aromatic ring is 1. The lowest BCUT2D eigenvalue weighted by molar-refractivity contribution is 0.280. The monoisotopic (exact) mass is 426 g/mol. The van der Waals surface area contributed by atoms with Crippen LogP contribution in [0, 0.1) is 0 Å². The molecule has 7 nitrogen and oxygen atoms in total. The number of aromatic nitrogens is 3. The van der Waals surface area contributed by atoms with Gasteiger partial charge in [0.05, 0.1) is 6.54 Å². The van der Waals surface area contributed by atoms with Gasteiger partial charge < -0.3 is 15.1 Å². The summed E-state index contributed by atoms with van der Waals surface area (Å²) < 4.78 is 5.99. The van der Waals surface area contributed by atoms with Crippen molar-refractivity contribution in [3.63, 3.8) is 0 Å². The first-order valence-corrected chi connectivity index (χ1v) is 10.7. The van der Waals surface area contributed by atoms with Crippen molar-refractivity contribution in [2.75, 3.05) is 37.3 Å². The smallest absolute Gasteiger partial charge is 0.230 e. The molecule has 0 spiro atoms. The molecular weight excluding hydrogens is 400 g/mol. The molecule has 1 aliphatic rings. The van der Waals surface area contributed by atoms with Gasteiger partial charge in [-0.25, -0.2) is 4.98 Å². The highest BCUT2D eigenvalue weighted by molar-refractivity contribution is 6.30. The molecule has 1 aliphatic heterocycles. The maximum absolute atomic E-state index is 6.07. The molecule has 1 saturated heterocycles. The summed E-state index contributed by atoms with van der Waals surface area (Å²) in [7, 11) is 2.04. The molecule has 0 saturated carbocycles. The first kappa shape index (κ1) is 20.6. The minimum absolute atomic E-state index is 0.308. The molecule has 2 N–H and O–H groups in total. The second-order valence-electron chi connectivity index (χ2n) is 7.81. The van der Waals surface area contributed by atoms with Crippen molar-refractivity contribution in [1.29, 1.82) is 0 Å². The Balaban J connectivity index is 1.27. The number of hydrogen-bond donors (Lipinski definition) is 1. The Morgan fingerprint density at radius 2 is 2.03 bits per heavy atom. The largest absolute Gasteiger partial charge is 0.424 e. The van der Waals surface area contributed by atoms with Crippen LogP contribution in [0.2, 0.25) is 5.02 Å². The van der Waals surface area contributed by atoms with Crippen LogP contribution in [0.4, 0.5) is 11.5 Å². The average molecular weight is 427 g/mol. The molecule has 1 fully saturated rings. The minimum atomic E-state index is 0.308. The van der Waals surface area contributed by atoms with Gasteiger partial charge in [0.25, 0.3) is 0 Å². The van der Waals surface area contributed by atoms with Gasteiger partial charge in [-0.05, 0) is 62.2 Å². The van der Waals surface area contributed by atoms with Gasteiger partial charge in [0.15, 0.2) is 0 Å². The van der Waals surface area contributed by atoms with E-state index in [9.17, 15) is 0 Å². The molecule has 3 aromatic rings. The number of pyridine rings is 1. The quantitative estimate of drug-likeness (QED) is 0.575. The zero-order chi connectivity index (χ0) is 20.9. The summed E-state index contributed by atoms with van der Waals surface area (Å²) in [6, 6.07) is 11.6. The number of nitrogens with two attached hydrogens (primary N) is 1. The molecule has 4 rings (SSSR count). The Bertz CT molecular complexity index is 955. The normalized spacial score (nSPS) is 15.1. The summed E-state index contributed by atoms with van der Waals surface area (Å²) in [6.45, 7) is 3.33. The summed E-state index contributed by atoms with van der Waals surface area (Å²) in [5.41, 5.74) is 7.86. The third-order valence-corrected chi connectivity index (χ3v) is 5.81. The van der Waals surface area contributed by atoms with Gasteiger partial charge in [-0.2, -0.15) is 0 Å². The van der Waals surface area contributed by atoms with Gasteiger partial charge in [-0.3, -0.25) is 4.90 Å². The van der Waals surface area contributed by atoms with Crippen LogP contribution in [0.5, 0.6) is 0 Å². The average Bonchev–Trinajstić information content (AvgIpc) is 3.23. The Morgan fingerprint density at radius 1 is 1.20 bits per heavy atom. The molecule has 1 aromatic carbocycles. The van der Waals surface area contributed by atoms with Crippen molar-refractivity contribution in [3.8, 4) is 0 Å². The van der Waals surface area contributed by atoms with Gasteiger partial charge in [-0.15, -0.1) is 10.2 Å². The van der Waals surface area contributed by atoms with Crippen molar-refractivity contribution in [1.82, 2.24) is 20.1 Å². The second-order valence-corrected chi connectivity index (χ2v) is 8.25. The molecule has 0 unspecified atom stereocenters. The molecule has 0 bridgehead atoms. The van der Waals surface area contributed by atoms with E-state index in [2.05, 4.69) is 31.0 Å². The molecular formula is C22H27ClN6O. The van der Waals surface area contributed by atoms with Crippen LogP contribution in [0.15, 0.2) is 47.0 Å². The van der Waals surface area contributed by atoms with Crippen LogP contribution in [-0.4, -0.2) is 46.8 Å². The van der Waals surface area contributed by atoms with E-state index in [1.807, 2.05) is 43.6 Å². The van der Waals surface area contributed by atoms with Crippen LogP contribution >= 0.6 is 11.6 Å². The van der Waals surface area contributed by atoms with Gasteiger partial charge in [-0.1, -0.05) is 17.7 Å². The molecule has 2 aromatic heterocycles. The Kier molecular flexibility index (Phi) is 6.50. The minimum Gasteiger partial charge on any atom is -0.424 e. The number of anilines is 2. The molecule has 30 heavy (non-hydrogen) atoms. The fraction of sp³-hybridized carbons (Fsp3) is 0.409. The molecule has 0 atom stereocenters. The highest BCUT2D eigenvalue weighted by Gasteiger charge is 2.25. The zero-order valence-electron chi connectivity index (χ0n) is 17.2. The number of nitrogens with zero attached hydrogens (tertiary/aromatic N) is 5. The van der Waals surface area contributed by atoms with Gasteiger partial charge in [0, 0.05) is 42.5 Å². The van der Waals surface area contributed by atoms with Crippen molar-refractivity contribution in [2.45, 2.75) is 31.7 Å². The lowest BCUT2D eigenvalue weighted by Crippen LogP contribution is -2.33. The van der Waals surface area contributed by atoms with E-state index in [0.717, 1.165) is 61.9 Å².